The summed E-state index contributed by atoms with van der Waals surface area (Å²) in [5, 5.41) is 9.53. The van der Waals surface area contributed by atoms with Crippen LogP contribution in [0, 0.1) is 0 Å². The number of pyridine rings is 1. The summed E-state index contributed by atoms with van der Waals surface area (Å²) in [6.45, 7) is 1.98. The van der Waals surface area contributed by atoms with Crippen molar-refractivity contribution in [1.29, 1.82) is 0 Å². The standard InChI is InChI=1S/C9H13NO2S/c1-4-6-5-7(11)10-9(12)8(6)13(2)3/h5H,4H2,1-3H3,(H-,10,11,12)/p+1. The molecule has 0 fully saturated rings. The fourth-order valence-electron chi connectivity index (χ4n) is 1.30. The zero-order valence-electron chi connectivity index (χ0n) is 8.05. The first kappa shape index (κ1) is 10.2. The van der Waals surface area contributed by atoms with Crippen LogP contribution < -0.4 is 5.56 Å². The molecule has 2 N–H and O–H groups in total. The van der Waals surface area contributed by atoms with Crippen molar-refractivity contribution < 1.29 is 5.11 Å². The normalized spacial score (nSPS) is 10.8. The van der Waals surface area contributed by atoms with Gasteiger partial charge in [-0.15, -0.1) is 0 Å². The van der Waals surface area contributed by atoms with Crippen LogP contribution in [0.4, 0.5) is 0 Å². The van der Waals surface area contributed by atoms with Crippen molar-refractivity contribution in [3.8, 4) is 5.88 Å². The third-order valence-electron chi connectivity index (χ3n) is 1.84. The van der Waals surface area contributed by atoms with E-state index in [2.05, 4.69) is 4.98 Å². The zero-order chi connectivity index (χ0) is 10.0. The number of aryl methyl sites for hydroxylation is 1. The molecule has 0 saturated carbocycles. The Morgan fingerprint density at radius 2 is 2.15 bits per heavy atom. The Morgan fingerprint density at radius 3 is 2.62 bits per heavy atom. The van der Waals surface area contributed by atoms with Crippen LogP contribution in [0.3, 0.4) is 0 Å². The molecule has 0 amide bonds. The highest BCUT2D eigenvalue weighted by atomic mass is 32.2. The number of hydrogen-bond acceptors (Lipinski definition) is 2. The molecule has 0 radical (unpaired) electrons. The van der Waals surface area contributed by atoms with Crippen LogP contribution in [0.25, 0.3) is 0 Å². The first-order chi connectivity index (χ1) is 6.06. The lowest BCUT2D eigenvalue weighted by atomic mass is 10.2. The molecule has 0 aromatic carbocycles. The molecule has 72 valence electrons. The lowest BCUT2D eigenvalue weighted by Gasteiger charge is -2.04. The van der Waals surface area contributed by atoms with Crippen LogP contribution in [0.1, 0.15) is 12.5 Å². The largest absolute Gasteiger partial charge is 0.491 e. The van der Waals surface area contributed by atoms with Gasteiger partial charge in [-0.25, -0.2) is 0 Å². The van der Waals surface area contributed by atoms with E-state index in [-0.39, 0.29) is 22.3 Å². The SMILES string of the molecule is CCc1cc(=O)[nH]c(O)c1[S+](C)C. The minimum Gasteiger partial charge on any atom is -0.491 e. The van der Waals surface area contributed by atoms with Gasteiger partial charge in [0.1, 0.15) is 12.5 Å². The van der Waals surface area contributed by atoms with Crippen molar-refractivity contribution >= 4 is 10.9 Å². The molecule has 3 nitrogen and oxygen atoms in total. The zero-order valence-corrected chi connectivity index (χ0v) is 8.86. The molecular formula is C9H14NO2S+. The van der Waals surface area contributed by atoms with E-state index in [4.69, 9.17) is 0 Å². The Morgan fingerprint density at radius 1 is 1.54 bits per heavy atom. The lowest BCUT2D eigenvalue weighted by Crippen LogP contribution is -2.11. The van der Waals surface area contributed by atoms with Crippen LogP contribution in [-0.4, -0.2) is 22.6 Å². The van der Waals surface area contributed by atoms with Gasteiger partial charge in [-0.05, 0) is 6.42 Å². The van der Waals surface area contributed by atoms with Crippen LogP contribution >= 0.6 is 0 Å². The molecule has 0 atom stereocenters. The van der Waals surface area contributed by atoms with Crippen molar-refractivity contribution in [3.63, 3.8) is 0 Å². The first-order valence-corrected chi connectivity index (χ1v) is 6.13. The molecule has 0 aliphatic rings. The highest BCUT2D eigenvalue weighted by Crippen LogP contribution is 2.22. The Hall–Kier alpha value is -0.900. The van der Waals surface area contributed by atoms with Gasteiger partial charge in [0.2, 0.25) is 10.8 Å². The summed E-state index contributed by atoms with van der Waals surface area (Å²) in [5.41, 5.74) is 0.707. The average molecular weight is 200 g/mol. The number of aromatic amines is 1. The van der Waals surface area contributed by atoms with Gasteiger partial charge in [0.25, 0.3) is 5.56 Å². The van der Waals surface area contributed by atoms with E-state index in [1.54, 1.807) is 6.07 Å². The molecule has 1 heterocycles. The summed E-state index contributed by atoms with van der Waals surface area (Å²) < 4.78 is 0. The highest BCUT2D eigenvalue weighted by Gasteiger charge is 2.20. The smallest absolute Gasteiger partial charge is 0.251 e. The van der Waals surface area contributed by atoms with E-state index in [1.165, 1.54) is 0 Å². The van der Waals surface area contributed by atoms with Gasteiger partial charge in [-0.3, -0.25) is 9.78 Å². The number of aromatic nitrogens is 1. The molecule has 0 aliphatic heterocycles. The third-order valence-corrected chi connectivity index (χ3v) is 3.11. The molecular weight excluding hydrogens is 186 g/mol. The molecule has 4 heteroatoms. The van der Waals surface area contributed by atoms with Gasteiger partial charge in [-0.2, -0.15) is 0 Å². The van der Waals surface area contributed by atoms with Crippen LogP contribution in [0.15, 0.2) is 15.8 Å². The van der Waals surface area contributed by atoms with Gasteiger partial charge in [0.15, 0.2) is 0 Å². The van der Waals surface area contributed by atoms with E-state index in [0.29, 0.717) is 0 Å². The number of H-pyrrole nitrogens is 1. The van der Waals surface area contributed by atoms with E-state index >= 15 is 0 Å². The number of nitrogens with one attached hydrogen (secondary N) is 1. The van der Waals surface area contributed by atoms with Gasteiger partial charge in [0.05, 0.1) is 0 Å². The second-order valence-electron chi connectivity index (χ2n) is 3.01. The summed E-state index contributed by atoms with van der Waals surface area (Å²) in [4.78, 5) is 14.3. The Kier molecular flexibility index (Phi) is 3.03. The summed E-state index contributed by atoms with van der Waals surface area (Å²) in [5.74, 6) is 0.0256. The second-order valence-corrected chi connectivity index (χ2v) is 5.05. The van der Waals surface area contributed by atoms with E-state index in [9.17, 15) is 9.90 Å². The lowest BCUT2D eigenvalue weighted by molar-refractivity contribution is 0.436. The number of hydrogen-bond donors (Lipinski definition) is 2. The quantitative estimate of drug-likeness (QED) is 0.696. The molecule has 1 aromatic rings. The topological polar surface area (TPSA) is 53.1 Å². The van der Waals surface area contributed by atoms with Crippen molar-refractivity contribution in [2.45, 2.75) is 18.2 Å². The van der Waals surface area contributed by atoms with Crippen molar-refractivity contribution in [2.75, 3.05) is 12.5 Å². The summed E-state index contributed by atoms with van der Waals surface area (Å²) in [7, 11) is -0.0304. The molecule has 0 saturated heterocycles. The van der Waals surface area contributed by atoms with E-state index in [1.807, 2.05) is 19.4 Å². The minimum atomic E-state index is -0.233. The van der Waals surface area contributed by atoms with Crippen molar-refractivity contribution in [1.82, 2.24) is 4.98 Å². The maximum atomic E-state index is 11.0. The predicted octanol–water partition coefficient (Wildman–Crippen LogP) is 0.880. The van der Waals surface area contributed by atoms with Crippen LogP contribution in [-0.2, 0) is 17.3 Å². The molecule has 0 aliphatic carbocycles. The molecule has 1 rings (SSSR count). The Balaban J connectivity index is 3.38. The Bertz CT molecular complexity index is 357. The maximum Gasteiger partial charge on any atom is 0.251 e. The van der Waals surface area contributed by atoms with Gasteiger partial charge < -0.3 is 5.11 Å². The van der Waals surface area contributed by atoms with E-state index in [0.717, 1.165) is 16.9 Å². The fourth-order valence-corrected chi connectivity index (χ4v) is 2.47. The summed E-state index contributed by atoms with van der Waals surface area (Å²) in [6, 6.07) is 1.56. The molecule has 1 aromatic heterocycles. The number of aromatic hydroxyl groups is 1. The summed E-state index contributed by atoms with van der Waals surface area (Å²) in [6.07, 6.45) is 4.82. The number of rotatable bonds is 2. The van der Waals surface area contributed by atoms with E-state index < -0.39 is 0 Å². The Labute approximate surface area is 80.2 Å². The second kappa shape index (κ2) is 3.87. The van der Waals surface area contributed by atoms with Gasteiger partial charge in [0, 0.05) is 22.5 Å². The fraction of sp³-hybridized carbons (Fsp3) is 0.444. The van der Waals surface area contributed by atoms with Crippen molar-refractivity contribution in [2.24, 2.45) is 0 Å². The predicted molar refractivity (Wildman–Crippen MR) is 55.6 cm³/mol. The molecule has 0 unspecified atom stereocenters. The molecule has 0 bridgehead atoms. The maximum absolute atomic E-state index is 11.0. The van der Waals surface area contributed by atoms with Crippen LogP contribution in [0.2, 0.25) is 0 Å². The molecule has 0 spiro atoms. The first-order valence-electron chi connectivity index (χ1n) is 4.09. The van der Waals surface area contributed by atoms with Crippen LogP contribution in [0.5, 0.6) is 5.88 Å². The van der Waals surface area contributed by atoms with Gasteiger partial charge in [-0.1, -0.05) is 6.92 Å². The molecule has 13 heavy (non-hydrogen) atoms. The van der Waals surface area contributed by atoms with Gasteiger partial charge >= 0.3 is 0 Å². The average Bonchev–Trinajstić information content (AvgIpc) is 2.01. The third kappa shape index (κ3) is 2.06. The summed E-state index contributed by atoms with van der Waals surface area (Å²) >= 11 is 0. The monoisotopic (exact) mass is 200 g/mol. The van der Waals surface area contributed by atoms with Crippen molar-refractivity contribution in [3.05, 3.63) is 22.0 Å². The highest BCUT2D eigenvalue weighted by molar-refractivity contribution is 7.95. The minimum absolute atomic E-state index is 0.0256.